The van der Waals surface area contributed by atoms with E-state index >= 15 is 0 Å². The molecule has 8 heteroatoms. The molecule has 0 saturated heterocycles. The van der Waals surface area contributed by atoms with Gasteiger partial charge in [-0.1, -0.05) is 6.07 Å². The van der Waals surface area contributed by atoms with E-state index in [2.05, 4.69) is 21.2 Å². The summed E-state index contributed by atoms with van der Waals surface area (Å²) in [6.07, 6.45) is 0. The summed E-state index contributed by atoms with van der Waals surface area (Å²) in [5, 5.41) is 2.76. The first-order valence-corrected chi connectivity index (χ1v) is 9.58. The van der Waals surface area contributed by atoms with Crippen LogP contribution in [0.25, 0.3) is 0 Å². The molecule has 0 heterocycles. The molecule has 0 aliphatic heterocycles. The lowest BCUT2D eigenvalue weighted by molar-refractivity contribution is 0.102. The predicted molar refractivity (Wildman–Crippen MR) is 101 cm³/mol. The van der Waals surface area contributed by atoms with Crippen molar-refractivity contribution in [3.63, 3.8) is 0 Å². The SMILES string of the molecule is COc1ccc(C(=O)Nc2ccc(C)cc2Br)cc1S(=O)(=O)N(C)C. The van der Waals surface area contributed by atoms with Crippen LogP contribution < -0.4 is 10.1 Å². The van der Waals surface area contributed by atoms with Gasteiger partial charge in [0.1, 0.15) is 10.6 Å². The number of halogens is 1. The maximum atomic E-state index is 12.5. The van der Waals surface area contributed by atoms with Gasteiger partial charge >= 0.3 is 0 Å². The maximum absolute atomic E-state index is 12.5. The van der Waals surface area contributed by atoms with Crippen LogP contribution in [0.4, 0.5) is 5.69 Å². The molecule has 0 radical (unpaired) electrons. The first-order valence-electron chi connectivity index (χ1n) is 7.35. The Balaban J connectivity index is 2.41. The van der Waals surface area contributed by atoms with E-state index in [0.29, 0.717) is 5.69 Å². The third-order valence-corrected chi connectivity index (χ3v) is 6.05. The smallest absolute Gasteiger partial charge is 0.255 e. The standard InChI is InChI=1S/C17H19BrN2O4S/c1-11-5-7-14(13(18)9-11)19-17(21)12-6-8-15(24-4)16(10-12)25(22,23)20(2)3/h5-10H,1-4H3,(H,19,21). The molecule has 0 aliphatic rings. The van der Waals surface area contributed by atoms with Gasteiger partial charge in [-0.2, -0.15) is 0 Å². The van der Waals surface area contributed by atoms with E-state index in [0.717, 1.165) is 14.3 Å². The van der Waals surface area contributed by atoms with Crippen LogP contribution in [0.15, 0.2) is 45.8 Å². The molecule has 0 saturated carbocycles. The molecule has 25 heavy (non-hydrogen) atoms. The molecule has 2 aromatic carbocycles. The monoisotopic (exact) mass is 426 g/mol. The third kappa shape index (κ3) is 4.20. The Kier molecular flexibility index (Phi) is 5.87. The molecule has 0 fully saturated rings. The molecule has 1 N–H and O–H groups in total. The van der Waals surface area contributed by atoms with Crippen LogP contribution in [0.2, 0.25) is 0 Å². The minimum atomic E-state index is -3.74. The number of amides is 1. The molecular weight excluding hydrogens is 408 g/mol. The summed E-state index contributed by atoms with van der Waals surface area (Å²) in [5.41, 5.74) is 1.87. The molecule has 2 rings (SSSR count). The molecule has 0 spiro atoms. The number of carbonyl (C=O) groups is 1. The average molecular weight is 427 g/mol. The van der Waals surface area contributed by atoms with Crippen LogP contribution in [0.1, 0.15) is 15.9 Å². The van der Waals surface area contributed by atoms with E-state index in [1.54, 1.807) is 6.07 Å². The lowest BCUT2D eigenvalue weighted by Gasteiger charge is -2.15. The highest BCUT2D eigenvalue weighted by Gasteiger charge is 2.24. The maximum Gasteiger partial charge on any atom is 0.255 e. The normalized spacial score (nSPS) is 11.4. The summed E-state index contributed by atoms with van der Waals surface area (Å²) in [4.78, 5) is 12.5. The fourth-order valence-corrected chi connectivity index (χ4v) is 3.80. The Morgan fingerprint density at radius 2 is 1.84 bits per heavy atom. The highest BCUT2D eigenvalue weighted by Crippen LogP contribution is 2.28. The van der Waals surface area contributed by atoms with Crippen molar-refractivity contribution >= 4 is 37.5 Å². The van der Waals surface area contributed by atoms with Gasteiger partial charge in [0.05, 0.1) is 12.8 Å². The Labute approximate surface area is 156 Å². The Morgan fingerprint density at radius 3 is 2.40 bits per heavy atom. The summed E-state index contributed by atoms with van der Waals surface area (Å²) >= 11 is 3.40. The lowest BCUT2D eigenvalue weighted by Crippen LogP contribution is -2.23. The van der Waals surface area contributed by atoms with Crippen LogP contribution in [-0.4, -0.2) is 39.8 Å². The minimum absolute atomic E-state index is 0.0596. The second-order valence-electron chi connectivity index (χ2n) is 5.59. The van der Waals surface area contributed by atoms with E-state index in [-0.39, 0.29) is 16.2 Å². The van der Waals surface area contributed by atoms with Gasteiger partial charge in [-0.3, -0.25) is 4.79 Å². The number of benzene rings is 2. The summed E-state index contributed by atoms with van der Waals surface area (Å²) < 4.78 is 31.8. The van der Waals surface area contributed by atoms with Crippen LogP contribution in [0.5, 0.6) is 5.75 Å². The molecule has 0 aliphatic carbocycles. The number of anilines is 1. The Hall–Kier alpha value is -1.90. The number of sulfonamides is 1. The van der Waals surface area contributed by atoms with Crippen molar-refractivity contribution in [2.75, 3.05) is 26.5 Å². The minimum Gasteiger partial charge on any atom is -0.495 e. The van der Waals surface area contributed by atoms with Crippen molar-refractivity contribution in [1.82, 2.24) is 4.31 Å². The Bertz CT molecular complexity index is 911. The second kappa shape index (κ2) is 7.55. The first kappa shape index (κ1) is 19.4. The second-order valence-corrected chi connectivity index (χ2v) is 8.57. The zero-order chi connectivity index (χ0) is 18.8. The van der Waals surface area contributed by atoms with E-state index < -0.39 is 15.9 Å². The summed E-state index contributed by atoms with van der Waals surface area (Å²) in [7, 11) is 0.482. The zero-order valence-corrected chi connectivity index (χ0v) is 16.7. The molecule has 0 atom stereocenters. The van der Waals surface area contributed by atoms with Gasteiger partial charge in [0.15, 0.2) is 0 Å². The van der Waals surface area contributed by atoms with Crippen LogP contribution >= 0.6 is 15.9 Å². The van der Waals surface area contributed by atoms with Gasteiger partial charge in [-0.25, -0.2) is 12.7 Å². The quantitative estimate of drug-likeness (QED) is 0.795. The van der Waals surface area contributed by atoms with E-state index in [1.807, 2.05) is 19.1 Å². The number of carbonyl (C=O) groups excluding carboxylic acids is 1. The van der Waals surface area contributed by atoms with Crippen LogP contribution in [0.3, 0.4) is 0 Å². The number of nitrogens with one attached hydrogen (secondary N) is 1. The predicted octanol–water partition coefficient (Wildman–Crippen LogP) is 3.27. The number of aryl methyl sites for hydroxylation is 1. The summed E-state index contributed by atoms with van der Waals surface area (Å²) in [6.45, 7) is 1.94. The van der Waals surface area contributed by atoms with Gasteiger partial charge in [0.25, 0.3) is 5.91 Å². The molecule has 1 amide bonds. The number of rotatable bonds is 5. The molecule has 6 nitrogen and oxygen atoms in total. The average Bonchev–Trinajstić information content (AvgIpc) is 2.56. The van der Waals surface area contributed by atoms with E-state index in [4.69, 9.17) is 4.74 Å². The van der Waals surface area contributed by atoms with Crippen LogP contribution in [0, 0.1) is 6.92 Å². The fraction of sp³-hybridized carbons (Fsp3) is 0.235. The van der Waals surface area contributed by atoms with Gasteiger partial charge in [-0.05, 0) is 58.7 Å². The molecule has 134 valence electrons. The number of hydrogen-bond donors (Lipinski definition) is 1. The highest BCUT2D eigenvalue weighted by atomic mass is 79.9. The fourth-order valence-electron chi connectivity index (χ4n) is 2.13. The summed E-state index contributed by atoms with van der Waals surface area (Å²) in [6, 6.07) is 9.83. The number of ether oxygens (including phenoxy) is 1. The van der Waals surface area contributed by atoms with Crippen molar-refractivity contribution < 1.29 is 17.9 Å². The number of hydrogen-bond acceptors (Lipinski definition) is 4. The lowest BCUT2D eigenvalue weighted by atomic mass is 10.2. The first-order chi connectivity index (χ1) is 11.7. The molecule has 0 unspecified atom stereocenters. The van der Waals surface area contributed by atoms with Gasteiger partial charge in [0, 0.05) is 24.1 Å². The Morgan fingerprint density at radius 1 is 1.16 bits per heavy atom. The highest BCUT2D eigenvalue weighted by molar-refractivity contribution is 9.10. The molecule has 0 bridgehead atoms. The molecule has 2 aromatic rings. The molecular formula is C17H19BrN2O4S. The number of methoxy groups -OCH3 is 1. The topological polar surface area (TPSA) is 75.7 Å². The van der Waals surface area contributed by atoms with Crippen molar-refractivity contribution in [1.29, 1.82) is 0 Å². The van der Waals surface area contributed by atoms with E-state index in [1.165, 1.54) is 39.4 Å². The van der Waals surface area contributed by atoms with Gasteiger partial charge < -0.3 is 10.1 Å². The van der Waals surface area contributed by atoms with Gasteiger partial charge in [-0.15, -0.1) is 0 Å². The zero-order valence-electron chi connectivity index (χ0n) is 14.3. The van der Waals surface area contributed by atoms with Crippen LogP contribution in [-0.2, 0) is 10.0 Å². The molecule has 0 aromatic heterocycles. The van der Waals surface area contributed by atoms with Gasteiger partial charge in [0.2, 0.25) is 10.0 Å². The third-order valence-electron chi connectivity index (χ3n) is 3.56. The van der Waals surface area contributed by atoms with Crippen molar-refractivity contribution in [2.24, 2.45) is 0 Å². The largest absolute Gasteiger partial charge is 0.495 e. The van der Waals surface area contributed by atoms with Crippen molar-refractivity contribution in [2.45, 2.75) is 11.8 Å². The van der Waals surface area contributed by atoms with Crippen molar-refractivity contribution in [3.05, 3.63) is 52.0 Å². The number of nitrogens with zero attached hydrogens (tertiary/aromatic N) is 1. The summed E-state index contributed by atoms with van der Waals surface area (Å²) in [5.74, 6) is -0.232. The van der Waals surface area contributed by atoms with Crippen molar-refractivity contribution in [3.8, 4) is 5.75 Å². The van der Waals surface area contributed by atoms with E-state index in [9.17, 15) is 13.2 Å².